The van der Waals surface area contributed by atoms with Crippen molar-refractivity contribution in [2.24, 2.45) is 0 Å². The average Bonchev–Trinajstić information content (AvgIpc) is 2.73. The number of nitrogens with one attached hydrogen (secondary N) is 1. The van der Waals surface area contributed by atoms with E-state index in [0.29, 0.717) is 11.3 Å². The molecule has 0 saturated carbocycles. The van der Waals surface area contributed by atoms with Gasteiger partial charge in [0.05, 0.1) is 0 Å². The summed E-state index contributed by atoms with van der Waals surface area (Å²) in [6, 6.07) is 8.62. The summed E-state index contributed by atoms with van der Waals surface area (Å²) in [5.41, 5.74) is 1.96. The lowest BCUT2D eigenvalue weighted by Gasteiger charge is -2.22. The van der Waals surface area contributed by atoms with Gasteiger partial charge < -0.3 is 9.73 Å². The number of fused-ring (bicyclic) bond motifs is 1. The van der Waals surface area contributed by atoms with Crippen molar-refractivity contribution in [3.8, 4) is 0 Å². The number of furan rings is 1. The Labute approximate surface area is 116 Å². The minimum Gasteiger partial charge on any atom is -0.444 e. The van der Waals surface area contributed by atoms with Crippen molar-refractivity contribution in [2.75, 3.05) is 11.5 Å². The second-order valence-corrected chi connectivity index (χ2v) is 6.14. The molecule has 0 aliphatic carbocycles. The van der Waals surface area contributed by atoms with E-state index in [1.807, 2.05) is 30.0 Å². The standard InChI is InChI=1S/C14H16ClNOS/c15-14-12(8-16-10-4-3-7-18-9-10)11-5-1-2-6-13(11)17-14/h1-2,5-6,10,16H,3-4,7-9H2. The van der Waals surface area contributed by atoms with Crippen LogP contribution in [0.3, 0.4) is 0 Å². The molecule has 2 aromatic rings. The highest BCUT2D eigenvalue weighted by atomic mass is 35.5. The molecule has 4 heteroatoms. The largest absolute Gasteiger partial charge is 0.444 e. The summed E-state index contributed by atoms with van der Waals surface area (Å²) in [5, 5.41) is 5.24. The van der Waals surface area contributed by atoms with E-state index in [4.69, 9.17) is 16.0 Å². The van der Waals surface area contributed by atoms with Crippen molar-refractivity contribution in [2.45, 2.75) is 25.4 Å². The molecule has 1 N–H and O–H groups in total. The second kappa shape index (κ2) is 5.55. The minimum atomic E-state index is 0.521. The van der Waals surface area contributed by atoms with Crippen LogP contribution in [0.4, 0.5) is 0 Å². The van der Waals surface area contributed by atoms with E-state index in [0.717, 1.165) is 23.1 Å². The predicted molar refractivity (Wildman–Crippen MR) is 78.4 cm³/mol. The quantitative estimate of drug-likeness (QED) is 0.918. The van der Waals surface area contributed by atoms with E-state index in [2.05, 4.69) is 11.4 Å². The van der Waals surface area contributed by atoms with Gasteiger partial charge in [-0.2, -0.15) is 11.8 Å². The van der Waals surface area contributed by atoms with E-state index in [1.54, 1.807) is 0 Å². The fourth-order valence-electron chi connectivity index (χ4n) is 2.38. The Balaban J connectivity index is 1.75. The molecular weight excluding hydrogens is 266 g/mol. The van der Waals surface area contributed by atoms with E-state index < -0.39 is 0 Å². The lowest BCUT2D eigenvalue weighted by Crippen LogP contribution is -2.33. The number of hydrogen-bond donors (Lipinski definition) is 1. The monoisotopic (exact) mass is 281 g/mol. The second-order valence-electron chi connectivity index (χ2n) is 4.65. The molecule has 1 aromatic heterocycles. The molecule has 0 spiro atoms. The van der Waals surface area contributed by atoms with Gasteiger partial charge in [-0.3, -0.25) is 0 Å². The van der Waals surface area contributed by atoms with Crippen LogP contribution in [0.25, 0.3) is 11.0 Å². The number of para-hydroxylation sites is 1. The Morgan fingerprint density at radius 2 is 2.28 bits per heavy atom. The van der Waals surface area contributed by atoms with Crippen molar-refractivity contribution in [1.29, 1.82) is 0 Å². The lowest BCUT2D eigenvalue weighted by atomic mass is 10.1. The van der Waals surface area contributed by atoms with Crippen LogP contribution >= 0.6 is 23.4 Å². The molecule has 2 heterocycles. The summed E-state index contributed by atoms with van der Waals surface area (Å²) in [5.74, 6) is 2.50. The summed E-state index contributed by atoms with van der Waals surface area (Å²) < 4.78 is 5.56. The van der Waals surface area contributed by atoms with Gasteiger partial charge in [-0.15, -0.1) is 0 Å². The summed E-state index contributed by atoms with van der Waals surface area (Å²) in [6.45, 7) is 0.793. The molecule has 1 atom stereocenters. The molecule has 1 unspecified atom stereocenters. The lowest BCUT2D eigenvalue weighted by molar-refractivity contribution is 0.505. The molecule has 96 valence electrons. The molecule has 18 heavy (non-hydrogen) atoms. The van der Waals surface area contributed by atoms with Gasteiger partial charge in [-0.25, -0.2) is 0 Å². The third kappa shape index (κ3) is 2.53. The van der Waals surface area contributed by atoms with E-state index in [1.165, 1.54) is 24.3 Å². The maximum atomic E-state index is 6.17. The van der Waals surface area contributed by atoms with Crippen LogP contribution in [0, 0.1) is 0 Å². The normalized spacial score (nSPS) is 20.4. The molecule has 0 radical (unpaired) electrons. The first-order chi connectivity index (χ1) is 8.84. The molecular formula is C14H16ClNOS. The first kappa shape index (κ1) is 12.4. The molecule has 1 aliphatic heterocycles. The third-order valence-corrected chi connectivity index (χ3v) is 4.90. The van der Waals surface area contributed by atoms with E-state index in [9.17, 15) is 0 Å². The smallest absolute Gasteiger partial charge is 0.199 e. The first-order valence-electron chi connectivity index (χ1n) is 6.31. The maximum absolute atomic E-state index is 6.17. The van der Waals surface area contributed by atoms with Gasteiger partial charge >= 0.3 is 0 Å². The van der Waals surface area contributed by atoms with Crippen molar-refractivity contribution in [3.05, 3.63) is 35.0 Å². The number of halogens is 1. The summed E-state index contributed by atoms with van der Waals surface area (Å²) in [4.78, 5) is 0. The number of benzene rings is 1. The van der Waals surface area contributed by atoms with E-state index >= 15 is 0 Å². The Morgan fingerprint density at radius 1 is 1.39 bits per heavy atom. The fraction of sp³-hybridized carbons (Fsp3) is 0.429. The minimum absolute atomic E-state index is 0.521. The third-order valence-electron chi connectivity index (χ3n) is 3.38. The highest BCUT2D eigenvalue weighted by molar-refractivity contribution is 7.99. The van der Waals surface area contributed by atoms with Gasteiger partial charge in [0.15, 0.2) is 5.22 Å². The van der Waals surface area contributed by atoms with Crippen molar-refractivity contribution in [1.82, 2.24) is 5.32 Å². The predicted octanol–water partition coefficient (Wildman–Crippen LogP) is 4.07. The Hall–Kier alpha value is -0.640. The molecule has 3 rings (SSSR count). The van der Waals surface area contributed by atoms with Crippen LogP contribution in [0.15, 0.2) is 28.7 Å². The van der Waals surface area contributed by atoms with Gasteiger partial charge in [-0.1, -0.05) is 18.2 Å². The topological polar surface area (TPSA) is 25.2 Å². The van der Waals surface area contributed by atoms with Crippen molar-refractivity contribution in [3.63, 3.8) is 0 Å². The van der Waals surface area contributed by atoms with Crippen molar-refractivity contribution < 1.29 is 4.42 Å². The molecule has 1 aromatic carbocycles. The Morgan fingerprint density at radius 3 is 3.11 bits per heavy atom. The van der Waals surface area contributed by atoms with Gasteiger partial charge in [0, 0.05) is 29.3 Å². The van der Waals surface area contributed by atoms with Crippen LogP contribution in [0.5, 0.6) is 0 Å². The zero-order valence-electron chi connectivity index (χ0n) is 10.1. The molecule has 2 nitrogen and oxygen atoms in total. The zero-order valence-corrected chi connectivity index (χ0v) is 11.7. The highest BCUT2D eigenvalue weighted by Gasteiger charge is 2.16. The Kier molecular flexibility index (Phi) is 3.83. The first-order valence-corrected chi connectivity index (χ1v) is 7.85. The van der Waals surface area contributed by atoms with Gasteiger partial charge in [0.1, 0.15) is 5.58 Å². The van der Waals surface area contributed by atoms with Gasteiger partial charge in [0.2, 0.25) is 0 Å². The summed E-state index contributed by atoms with van der Waals surface area (Å²) in [7, 11) is 0. The number of thioether (sulfide) groups is 1. The zero-order chi connectivity index (χ0) is 12.4. The molecule has 1 fully saturated rings. The van der Waals surface area contributed by atoms with Gasteiger partial charge in [0.25, 0.3) is 0 Å². The number of hydrogen-bond acceptors (Lipinski definition) is 3. The maximum Gasteiger partial charge on any atom is 0.199 e. The van der Waals surface area contributed by atoms with Crippen LogP contribution in [0.1, 0.15) is 18.4 Å². The molecule has 0 amide bonds. The average molecular weight is 282 g/mol. The summed E-state index contributed by atoms with van der Waals surface area (Å²) in [6.07, 6.45) is 2.57. The van der Waals surface area contributed by atoms with Crippen LogP contribution in [0.2, 0.25) is 5.22 Å². The Bertz CT molecular complexity index is 534. The van der Waals surface area contributed by atoms with Crippen molar-refractivity contribution >= 4 is 34.3 Å². The van der Waals surface area contributed by atoms with Crippen LogP contribution < -0.4 is 5.32 Å². The van der Waals surface area contributed by atoms with Gasteiger partial charge in [-0.05, 0) is 36.3 Å². The van der Waals surface area contributed by atoms with E-state index in [-0.39, 0.29) is 0 Å². The molecule has 1 saturated heterocycles. The highest BCUT2D eigenvalue weighted by Crippen LogP contribution is 2.29. The summed E-state index contributed by atoms with van der Waals surface area (Å²) >= 11 is 8.20. The van der Waals surface area contributed by atoms with Crippen LogP contribution in [-0.2, 0) is 6.54 Å². The SMILES string of the molecule is Clc1oc2ccccc2c1CNC1CCCSC1. The fourth-order valence-corrected chi connectivity index (χ4v) is 3.74. The molecule has 0 bridgehead atoms. The van der Waals surface area contributed by atoms with Crippen LogP contribution in [-0.4, -0.2) is 17.5 Å². The molecule has 1 aliphatic rings. The number of rotatable bonds is 3.